The molecular weight excluding hydrogens is 492 g/mol. The summed E-state index contributed by atoms with van der Waals surface area (Å²) in [6, 6.07) is 8.51. The lowest BCUT2D eigenvalue weighted by atomic mass is 9.93. The van der Waals surface area contributed by atoms with E-state index in [9.17, 15) is 9.59 Å². The zero-order valence-corrected chi connectivity index (χ0v) is 21.7. The molecule has 37 heavy (non-hydrogen) atoms. The van der Waals surface area contributed by atoms with E-state index in [1.807, 2.05) is 28.5 Å². The third-order valence-electron chi connectivity index (χ3n) is 5.84. The number of methoxy groups -OCH3 is 2. The quantitative estimate of drug-likeness (QED) is 0.369. The Bertz CT molecular complexity index is 1290. The Hall–Kier alpha value is -4.05. The van der Waals surface area contributed by atoms with E-state index >= 15 is 0 Å². The molecule has 0 saturated carbocycles. The van der Waals surface area contributed by atoms with Crippen molar-refractivity contribution in [2.75, 3.05) is 20.8 Å². The predicted molar refractivity (Wildman–Crippen MR) is 142 cm³/mol. The number of amidine groups is 1. The molecule has 0 spiro atoms. The van der Waals surface area contributed by atoms with E-state index in [1.54, 1.807) is 45.7 Å². The SMILES string of the molecule is C=CCOC(=O)C1=C(C)N=C2SC=C(CC(=O)NCc3cccnc3)N2[C@@H]1c1ccc(OC)cc1OC. The van der Waals surface area contributed by atoms with E-state index < -0.39 is 12.0 Å². The van der Waals surface area contributed by atoms with Gasteiger partial charge in [-0.1, -0.05) is 30.5 Å². The van der Waals surface area contributed by atoms with Crippen LogP contribution in [0.25, 0.3) is 0 Å². The summed E-state index contributed by atoms with van der Waals surface area (Å²) >= 11 is 1.40. The van der Waals surface area contributed by atoms with E-state index in [2.05, 4.69) is 21.9 Å². The Morgan fingerprint density at radius 1 is 1.24 bits per heavy atom. The molecule has 0 radical (unpaired) electrons. The van der Waals surface area contributed by atoms with E-state index in [4.69, 9.17) is 14.2 Å². The van der Waals surface area contributed by atoms with Gasteiger partial charge < -0.3 is 24.4 Å². The van der Waals surface area contributed by atoms with E-state index in [-0.39, 0.29) is 18.9 Å². The van der Waals surface area contributed by atoms with Crippen LogP contribution in [0.1, 0.15) is 30.5 Å². The molecule has 9 nitrogen and oxygen atoms in total. The summed E-state index contributed by atoms with van der Waals surface area (Å²) in [7, 11) is 3.13. The van der Waals surface area contributed by atoms with Crippen LogP contribution in [0.15, 0.2) is 82.7 Å². The highest BCUT2D eigenvalue weighted by atomic mass is 32.2. The minimum Gasteiger partial charge on any atom is -0.497 e. The van der Waals surface area contributed by atoms with Crippen molar-refractivity contribution in [3.63, 3.8) is 0 Å². The molecular formula is C27H28N4O5S. The first kappa shape index (κ1) is 26.0. The molecule has 2 aromatic rings. The fraction of sp³-hybridized carbons (Fsp3) is 0.259. The molecule has 0 aliphatic carbocycles. The van der Waals surface area contributed by atoms with Gasteiger partial charge >= 0.3 is 5.97 Å². The number of carbonyl (C=O) groups is 2. The first-order valence-electron chi connectivity index (χ1n) is 11.6. The summed E-state index contributed by atoms with van der Waals surface area (Å²) in [5.41, 5.74) is 3.21. The molecule has 1 atom stereocenters. The lowest BCUT2D eigenvalue weighted by Gasteiger charge is -2.36. The number of ether oxygens (including phenoxy) is 3. The second-order valence-corrected chi connectivity index (χ2v) is 9.04. The van der Waals surface area contributed by atoms with Gasteiger partial charge in [0.15, 0.2) is 5.17 Å². The van der Waals surface area contributed by atoms with E-state index in [1.165, 1.54) is 17.8 Å². The molecule has 1 aromatic heterocycles. The van der Waals surface area contributed by atoms with Gasteiger partial charge in [-0.3, -0.25) is 9.78 Å². The minimum absolute atomic E-state index is 0.0623. The van der Waals surface area contributed by atoms with Crippen LogP contribution in [0.3, 0.4) is 0 Å². The van der Waals surface area contributed by atoms with Crippen molar-refractivity contribution in [1.82, 2.24) is 15.2 Å². The third kappa shape index (κ3) is 5.69. The highest BCUT2D eigenvalue weighted by molar-refractivity contribution is 8.16. The van der Waals surface area contributed by atoms with Crippen LogP contribution in [-0.4, -0.2) is 47.8 Å². The van der Waals surface area contributed by atoms with Crippen molar-refractivity contribution in [2.24, 2.45) is 4.99 Å². The molecule has 10 heteroatoms. The van der Waals surface area contributed by atoms with Crippen molar-refractivity contribution >= 4 is 28.8 Å². The third-order valence-corrected chi connectivity index (χ3v) is 6.73. The Labute approximate surface area is 219 Å². The maximum Gasteiger partial charge on any atom is 0.338 e. The summed E-state index contributed by atoms with van der Waals surface area (Å²) in [4.78, 5) is 36.8. The number of amides is 1. The van der Waals surface area contributed by atoms with Gasteiger partial charge in [0, 0.05) is 36.3 Å². The lowest BCUT2D eigenvalue weighted by Crippen LogP contribution is -2.38. The Balaban J connectivity index is 1.68. The number of esters is 1. The van der Waals surface area contributed by atoms with Gasteiger partial charge in [0.05, 0.1) is 38.0 Å². The Kier molecular flexibility index (Phi) is 8.29. The Morgan fingerprint density at radius 3 is 2.78 bits per heavy atom. The van der Waals surface area contributed by atoms with Crippen molar-refractivity contribution in [2.45, 2.75) is 25.9 Å². The highest BCUT2D eigenvalue weighted by Crippen LogP contribution is 2.47. The topological polar surface area (TPSA) is 102 Å². The summed E-state index contributed by atoms with van der Waals surface area (Å²) < 4.78 is 16.5. The highest BCUT2D eigenvalue weighted by Gasteiger charge is 2.42. The maximum absolute atomic E-state index is 13.2. The van der Waals surface area contributed by atoms with Crippen molar-refractivity contribution < 1.29 is 23.8 Å². The number of benzene rings is 1. The molecule has 0 fully saturated rings. The first-order chi connectivity index (χ1) is 18.0. The van der Waals surface area contributed by atoms with Gasteiger partial charge in [-0.25, -0.2) is 9.79 Å². The number of nitrogens with one attached hydrogen (secondary N) is 1. The molecule has 0 bridgehead atoms. The molecule has 0 unspecified atom stereocenters. The largest absolute Gasteiger partial charge is 0.497 e. The molecule has 1 N–H and O–H groups in total. The molecule has 2 aliphatic rings. The number of allylic oxidation sites excluding steroid dienone is 1. The van der Waals surface area contributed by atoms with E-state index in [0.717, 1.165) is 5.56 Å². The second kappa shape index (κ2) is 11.8. The second-order valence-electron chi connectivity index (χ2n) is 8.20. The molecule has 0 saturated heterocycles. The van der Waals surface area contributed by atoms with Crippen LogP contribution in [0.5, 0.6) is 11.5 Å². The molecule has 4 rings (SSSR count). The van der Waals surface area contributed by atoms with Crippen LogP contribution in [0, 0.1) is 0 Å². The first-order valence-corrected chi connectivity index (χ1v) is 12.4. The average molecular weight is 521 g/mol. The number of aliphatic imine (C=N–C) groups is 1. The van der Waals surface area contributed by atoms with Crippen molar-refractivity contribution in [1.29, 1.82) is 0 Å². The van der Waals surface area contributed by atoms with Gasteiger partial charge in [0.1, 0.15) is 18.1 Å². The molecule has 1 amide bonds. The number of pyridine rings is 1. The van der Waals surface area contributed by atoms with Crippen LogP contribution in [-0.2, 0) is 20.9 Å². The monoisotopic (exact) mass is 520 g/mol. The predicted octanol–water partition coefficient (Wildman–Crippen LogP) is 4.11. The van der Waals surface area contributed by atoms with Crippen molar-refractivity contribution in [3.05, 3.63) is 88.9 Å². The van der Waals surface area contributed by atoms with Crippen molar-refractivity contribution in [3.8, 4) is 11.5 Å². The average Bonchev–Trinajstić information content (AvgIpc) is 3.31. The van der Waals surface area contributed by atoms with Gasteiger partial charge in [-0.05, 0) is 36.1 Å². The maximum atomic E-state index is 13.2. The summed E-state index contributed by atoms with van der Waals surface area (Å²) in [5.74, 6) is 0.465. The van der Waals surface area contributed by atoms with Gasteiger partial charge in [-0.15, -0.1) is 0 Å². The minimum atomic E-state index is -0.627. The van der Waals surface area contributed by atoms with Crippen LogP contribution >= 0.6 is 11.8 Å². The van der Waals surface area contributed by atoms with Gasteiger partial charge in [0.25, 0.3) is 0 Å². The fourth-order valence-corrected chi connectivity index (χ4v) is 5.08. The van der Waals surface area contributed by atoms with Gasteiger partial charge in [0.2, 0.25) is 5.91 Å². The normalized spacial score (nSPS) is 16.4. The number of rotatable bonds is 10. The van der Waals surface area contributed by atoms with Crippen LogP contribution in [0.2, 0.25) is 0 Å². The van der Waals surface area contributed by atoms with Crippen LogP contribution in [0.4, 0.5) is 0 Å². The standard InChI is InChI=1S/C27H28N4O5S/c1-5-11-36-26(33)24-17(2)30-27-31(25(24)21-9-8-20(34-3)13-22(21)35-4)19(16-37-27)12-23(32)29-15-18-7-6-10-28-14-18/h5-10,13-14,16,25H,1,11-12,15H2,2-4H3,(H,29,32)/t25-/m1/s1. The van der Waals surface area contributed by atoms with E-state index in [0.29, 0.717) is 45.7 Å². The number of fused-ring (bicyclic) bond motifs is 1. The number of hydrogen-bond donors (Lipinski definition) is 1. The number of nitrogens with zero attached hydrogens (tertiary/aromatic N) is 3. The summed E-state index contributed by atoms with van der Waals surface area (Å²) in [6.07, 6.45) is 5.00. The number of aromatic nitrogens is 1. The molecule has 2 aliphatic heterocycles. The fourth-order valence-electron chi connectivity index (χ4n) is 4.11. The zero-order valence-electron chi connectivity index (χ0n) is 20.9. The summed E-state index contributed by atoms with van der Waals surface area (Å²) in [6.45, 7) is 5.83. The molecule has 192 valence electrons. The number of thioether (sulfide) groups is 1. The zero-order chi connectivity index (χ0) is 26.4. The number of carbonyl (C=O) groups excluding carboxylic acids is 2. The lowest BCUT2D eigenvalue weighted by molar-refractivity contribution is -0.138. The molecule has 3 heterocycles. The van der Waals surface area contributed by atoms with Gasteiger partial charge in [-0.2, -0.15) is 0 Å². The smallest absolute Gasteiger partial charge is 0.338 e. The number of hydrogen-bond acceptors (Lipinski definition) is 9. The Morgan fingerprint density at radius 2 is 2.08 bits per heavy atom. The molecule has 1 aromatic carbocycles. The summed E-state index contributed by atoms with van der Waals surface area (Å²) in [5, 5.41) is 5.48. The van der Waals surface area contributed by atoms with Crippen LogP contribution < -0.4 is 14.8 Å².